The van der Waals surface area contributed by atoms with Gasteiger partial charge in [-0.25, -0.2) is 0 Å². The van der Waals surface area contributed by atoms with Crippen molar-refractivity contribution in [2.45, 2.75) is 0 Å². The lowest BCUT2D eigenvalue weighted by Crippen LogP contribution is -1.98. The maximum Gasteiger partial charge on any atom is 0.0424 e. The molecular weight excluding hydrogens is 356 g/mol. The maximum absolute atomic E-state index is 5.95. The zero-order chi connectivity index (χ0) is 20.4. The standard InChI is InChI=1S/C25H24N4/c1-29-23-15-14-22(16-2-8-19(26)9-3-16)24(17-4-10-20(27)11-5-17)25(23)18-6-12-21(28)13-7-18/h2-15,29H,26-28H2,1H3. The molecule has 0 heterocycles. The molecule has 0 aliphatic rings. The van der Waals surface area contributed by atoms with Gasteiger partial charge >= 0.3 is 0 Å². The number of hydrogen-bond acceptors (Lipinski definition) is 4. The quantitative estimate of drug-likeness (QED) is 0.353. The number of benzene rings is 4. The average molecular weight is 380 g/mol. The van der Waals surface area contributed by atoms with E-state index in [2.05, 4.69) is 53.8 Å². The summed E-state index contributed by atoms with van der Waals surface area (Å²) >= 11 is 0. The van der Waals surface area contributed by atoms with E-state index in [0.717, 1.165) is 56.1 Å². The van der Waals surface area contributed by atoms with Gasteiger partial charge in [-0.2, -0.15) is 0 Å². The summed E-state index contributed by atoms with van der Waals surface area (Å²) in [5, 5.41) is 3.34. The minimum absolute atomic E-state index is 0.738. The third-order valence-corrected chi connectivity index (χ3v) is 5.10. The summed E-state index contributed by atoms with van der Waals surface area (Å²) in [6.07, 6.45) is 0. The van der Waals surface area contributed by atoms with E-state index < -0.39 is 0 Å². The molecule has 4 heteroatoms. The number of rotatable bonds is 4. The monoisotopic (exact) mass is 380 g/mol. The highest BCUT2D eigenvalue weighted by Crippen LogP contribution is 2.44. The van der Waals surface area contributed by atoms with Crippen molar-refractivity contribution < 1.29 is 0 Å². The van der Waals surface area contributed by atoms with Gasteiger partial charge in [-0.3, -0.25) is 0 Å². The highest BCUT2D eigenvalue weighted by molar-refractivity contribution is 6.00. The minimum atomic E-state index is 0.738. The van der Waals surface area contributed by atoms with Crippen LogP contribution in [0.25, 0.3) is 33.4 Å². The summed E-state index contributed by atoms with van der Waals surface area (Å²) in [4.78, 5) is 0. The second-order valence-corrected chi connectivity index (χ2v) is 7.03. The van der Waals surface area contributed by atoms with Crippen LogP contribution in [-0.4, -0.2) is 7.05 Å². The zero-order valence-electron chi connectivity index (χ0n) is 16.3. The van der Waals surface area contributed by atoms with Gasteiger partial charge < -0.3 is 22.5 Å². The van der Waals surface area contributed by atoms with Gasteiger partial charge in [0.15, 0.2) is 0 Å². The number of anilines is 4. The Hall–Kier alpha value is -3.92. The molecule has 0 aliphatic carbocycles. The number of nitrogens with one attached hydrogen (secondary N) is 1. The molecule has 4 aromatic rings. The third kappa shape index (κ3) is 3.60. The van der Waals surface area contributed by atoms with E-state index in [4.69, 9.17) is 17.2 Å². The number of nitrogen functional groups attached to an aromatic ring is 3. The normalized spacial score (nSPS) is 10.7. The number of nitrogens with two attached hydrogens (primary N) is 3. The molecule has 4 nitrogen and oxygen atoms in total. The molecule has 0 amide bonds. The van der Waals surface area contributed by atoms with Crippen LogP contribution in [0.15, 0.2) is 84.9 Å². The molecule has 0 saturated heterocycles. The van der Waals surface area contributed by atoms with Crippen molar-refractivity contribution in [1.29, 1.82) is 0 Å². The van der Waals surface area contributed by atoms with Gasteiger partial charge in [-0.15, -0.1) is 0 Å². The van der Waals surface area contributed by atoms with E-state index in [9.17, 15) is 0 Å². The summed E-state index contributed by atoms with van der Waals surface area (Å²) in [6.45, 7) is 0. The van der Waals surface area contributed by atoms with Crippen LogP contribution in [0.5, 0.6) is 0 Å². The van der Waals surface area contributed by atoms with E-state index in [1.807, 2.05) is 43.4 Å². The van der Waals surface area contributed by atoms with Crippen molar-refractivity contribution in [1.82, 2.24) is 0 Å². The van der Waals surface area contributed by atoms with Crippen molar-refractivity contribution in [2.24, 2.45) is 0 Å². The fourth-order valence-corrected chi connectivity index (χ4v) is 3.61. The molecule has 0 spiro atoms. The summed E-state index contributed by atoms with van der Waals surface area (Å²) in [7, 11) is 1.94. The highest BCUT2D eigenvalue weighted by atomic mass is 14.8. The molecule has 0 unspecified atom stereocenters. The molecule has 0 aromatic heterocycles. The highest BCUT2D eigenvalue weighted by Gasteiger charge is 2.17. The summed E-state index contributed by atoms with van der Waals surface area (Å²) in [5.74, 6) is 0. The Morgan fingerprint density at radius 1 is 0.483 bits per heavy atom. The first-order valence-corrected chi connectivity index (χ1v) is 9.49. The molecule has 0 fully saturated rings. The van der Waals surface area contributed by atoms with E-state index in [1.54, 1.807) is 0 Å². The van der Waals surface area contributed by atoms with Crippen LogP contribution in [0.3, 0.4) is 0 Å². The smallest absolute Gasteiger partial charge is 0.0424 e. The van der Waals surface area contributed by atoms with Crippen molar-refractivity contribution in [3.05, 3.63) is 84.9 Å². The lowest BCUT2D eigenvalue weighted by Gasteiger charge is -2.20. The van der Waals surface area contributed by atoms with Gasteiger partial charge in [-0.1, -0.05) is 42.5 Å². The molecule has 144 valence electrons. The first kappa shape index (κ1) is 18.4. The fourth-order valence-electron chi connectivity index (χ4n) is 3.61. The molecule has 0 bridgehead atoms. The SMILES string of the molecule is CNc1ccc(-c2ccc(N)cc2)c(-c2ccc(N)cc2)c1-c1ccc(N)cc1. The Bertz CT molecular complexity index is 1130. The largest absolute Gasteiger partial charge is 0.399 e. The molecule has 0 radical (unpaired) electrons. The predicted octanol–water partition coefficient (Wildman–Crippen LogP) is 5.48. The van der Waals surface area contributed by atoms with Gasteiger partial charge in [0.2, 0.25) is 0 Å². The molecule has 4 aromatic carbocycles. The molecule has 7 N–H and O–H groups in total. The van der Waals surface area contributed by atoms with Crippen LogP contribution < -0.4 is 22.5 Å². The van der Waals surface area contributed by atoms with Crippen molar-refractivity contribution in [3.63, 3.8) is 0 Å². The number of hydrogen-bond donors (Lipinski definition) is 4. The van der Waals surface area contributed by atoms with Gasteiger partial charge in [0, 0.05) is 35.4 Å². The lowest BCUT2D eigenvalue weighted by atomic mass is 9.86. The molecular formula is C25H24N4. The Kier molecular flexibility index (Phi) is 4.83. The van der Waals surface area contributed by atoms with Crippen LogP contribution in [-0.2, 0) is 0 Å². The first-order chi connectivity index (χ1) is 14.1. The van der Waals surface area contributed by atoms with Gasteiger partial charge in [0.05, 0.1) is 0 Å². The van der Waals surface area contributed by atoms with E-state index in [1.165, 1.54) is 0 Å². The van der Waals surface area contributed by atoms with Gasteiger partial charge in [-0.05, 0) is 70.3 Å². The van der Waals surface area contributed by atoms with E-state index in [0.29, 0.717) is 0 Å². The Morgan fingerprint density at radius 3 is 1.34 bits per heavy atom. The second-order valence-electron chi connectivity index (χ2n) is 7.03. The predicted molar refractivity (Wildman–Crippen MR) is 126 cm³/mol. The summed E-state index contributed by atoms with van der Waals surface area (Å²) < 4.78 is 0. The lowest BCUT2D eigenvalue weighted by molar-refractivity contribution is 1.48. The molecule has 0 aliphatic heterocycles. The van der Waals surface area contributed by atoms with E-state index >= 15 is 0 Å². The van der Waals surface area contributed by atoms with Crippen LogP contribution in [0.4, 0.5) is 22.7 Å². The maximum atomic E-state index is 5.95. The van der Waals surface area contributed by atoms with Crippen molar-refractivity contribution in [3.8, 4) is 33.4 Å². The van der Waals surface area contributed by atoms with Crippen LogP contribution in [0.2, 0.25) is 0 Å². The second kappa shape index (κ2) is 7.60. The van der Waals surface area contributed by atoms with Crippen LogP contribution in [0, 0.1) is 0 Å². The van der Waals surface area contributed by atoms with Crippen molar-refractivity contribution >= 4 is 22.7 Å². The summed E-state index contributed by atoms with van der Waals surface area (Å²) in [6, 6.07) is 28.2. The van der Waals surface area contributed by atoms with Crippen LogP contribution >= 0.6 is 0 Å². The van der Waals surface area contributed by atoms with Gasteiger partial charge in [0.25, 0.3) is 0 Å². The van der Waals surface area contributed by atoms with Gasteiger partial charge in [0.1, 0.15) is 0 Å². The molecule has 0 atom stereocenters. The first-order valence-electron chi connectivity index (χ1n) is 9.49. The third-order valence-electron chi connectivity index (χ3n) is 5.10. The molecule has 29 heavy (non-hydrogen) atoms. The minimum Gasteiger partial charge on any atom is -0.399 e. The fraction of sp³-hybridized carbons (Fsp3) is 0.0400. The average Bonchev–Trinajstić information content (AvgIpc) is 2.75. The summed E-state index contributed by atoms with van der Waals surface area (Å²) in [5.41, 5.74) is 27.7. The Morgan fingerprint density at radius 2 is 0.897 bits per heavy atom. The molecule has 4 rings (SSSR count). The molecule has 0 saturated carbocycles. The van der Waals surface area contributed by atoms with Crippen LogP contribution in [0.1, 0.15) is 0 Å². The van der Waals surface area contributed by atoms with E-state index in [-0.39, 0.29) is 0 Å². The van der Waals surface area contributed by atoms with Crippen molar-refractivity contribution in [2.75, 3.05) is 29.6 Å². The Labute approximate surface area is 171 Å². The zero-order valence-corrected chi connectivity index (χ0v) is 16.3. The topological polar surface area (TPSA) is 90.1 Å². The Balaban J connectivity index is 2.06.